The number of carbonyl (C=O) groups excluding carboxylic acids is 1. The van der Waals surface area contributed by atoms with Crippen LogP contribution in [0.15, 0.2) is 12.1 Å². The molecule has 1 aliphatic heterocycles. The van der Waals surface area contributed by atoms with Gasteiger partial charge in [-0.1, -0.05) is 0 Å². The smallest absolute Gasteiger partial charge is 0.340 e. The number of esters is 1. The van der Waals surface area contributed by atoms with Crippen molar-refractivity contribution in [2.24, 2.45) is 11.3 Å². The molecule has 0 radical (unpaired) electrons. The van der Waals surface area contributed by atoms with Crippen molar-refractivity contribution < 1.29 is 38.6 Å². The SMILES string of the molecule is CC1(C(=O)O)CC1.Cc1cc(O)c(O)cc1C(=O)OCOSCNC(C)(C)CNCC1CCOC1. The minimum absolute atomic E-state index is 0.104. The Morgan fingerprint density at radius 2 is 1.94 bits per heavy atom. The number of rotatable bonds is 12. The van der Waals surface area contributed by atoms with Crippen molar-refractivity contribution in [1.29, 1.82) is 0 Å². The first-order chi connectivity index (χ1) is 16.4. The molecule has 1 saturated heterocycles. The van der Waals surface area contributed by atoms with Gasteiger partial charge in [-0.25, -0.2) is 4.79 Å². The summed E-state index contributed by atoms with van der Waals surface area (Å²) >= 11 is 1.16. The Morgan fingerprint density at radius 3 is 2.51 bits per heavy atom. The lowest BCUT2D eigenvalue weighted by Gasteiger charge is -2.27. The van der Waals surface area contributed by atoms with E-state index in [9.17, 15) is 19.8 Å². The zero-order valence-corrected chi connectivity index (χ0v) is 21.7. The second kappa shape index (κ2) is 13.3. The third-order valence-corrected chi connectivity index (χ3v) is 6.54. The highest BCUT2D eigenvalue weighted by Crippen LogP contribution is 2.44. The number of ether oxygens (including phenoxy) is 2. The van der Waals surface area contributed by atoms with Crippen molar-refractivity contribution in [2.75, 3.05) is 39.0 Å². The minimum Gasteiger partial charge on any atom is -0.504 e. The molecule has 198 valence electrons. The van der Waals surface area contributed by atoms with Gasteiger partial charge in [0, 0.05) is 37.3 Å². The van der Waals surface area contributed by atoms with Gasteiger partial charge >= 0.3 is 11.9 Å². The summed E-state index contributed by atoms with van der Waals surface area (Å²) in [4.78, 5) is 22.1. The van der Waals surface area contributed by atoms with Gasteiger partial charge < -0.3 is 30.1 Å². The Bertz CT molecular complexity index is 854. The molecule has 3 rings (SSSR count). The first-order valence-corrected chi connectivity index (χ1v) is 12.6. The molecule has 1 heterocycles. The molecule has 0 bridgehead atoms. The Morgan fingerprint density at radius 1 is 1.26 bits per heavy atom. The summed E-state index contributed by atoms with van der Waals surface area (Å²) in [5.41, 5.74) is 0.252. The van der Waals surface area contributed by atoms with Crippen LogP contribution >= 0.6 is 12.0 Å². The van der Waals surface area contributed by atoms with Crippen molar-refractivity contribution in [2.45, 2.75) is 52.5 Å². The number of aromatic hydroxyl groups is 2. The highest BCUT2D eigenvalue weighted by molar-refractivity contribution is 7.94. The number of hydrogen-bond acceptors (Lipinski definition) is 10. The van der Waals surface area contributed by atoms with E-state index in [-0.39, 0.29) is 34.8 Å². The van der Waals surface area contributed by atoms with Gasteiger partial charge in [0.05, 0.1) is 23.5 Å². The first-order valence-electron chi connectivity index (χ1n) is 11.6. The molecular weight excluding hydrogens is 476 g/mol. The molecule has 1 aromatic rings. The average Bonchev–Trinajstić information content (AvgIpc) is 3.33. The lowest BCUT2D eigenvalue weighted by molar-refractivity contribution is -0.142. The molecule has 0 aromatic heterocycles. The molecule has 10 nitrogen and oxygen atoms in total. The van der Waals surface area contributed by atoms with Gasteiger partial charge in [0.1, 0.15) is 0 Å². The third kappa shape index (κ3) is 10.2. The summed E-state index contributed by atoms with van der Waals surface area (Å²) in [6.07, 6.45) is 2.84. The van der Waals surface area contributed by atoms with E-state index in [0.717, 1.165) is 57.6 Å². The second-order valence-electron chi connectivity index (χ2n) is 9.87. The Hall–Kier alpha value is -2.05. The number of benzene rings is 1. The predicted octanol–water partition coefficient (Wildman–Crippen LogP) is 3.01. The molecule has 1 atom stereocenters. The number of phenols is 2. The molecule has 2 fully saturated rings. The number of aryl methyl sites for hydroxylation is 1. The van der Waals surface area contributed by atoms with Gasteiger partial charge in [-0.2, -0.15) is 0 Å². The summed E-state index contributed by atoms with van der Waals surface area (Å²) in [5.74, 6) is -0.775. The van der Waals surface area contributed by atoms with Gasteiger partial charge in [0.15, 0.2) is 11.5 Å². The van der Waals surface area contributed by atoms with E-state index in [4.69, 9.17) is 18.8 Å². The van der Waals surface area contributed by atoms with Crippen LogP contribution in [0.25, 0.3) is 0 Å². The van der Waals surface area contributed by atoms with Crippen LogP contribution in [0, 0.1) is 18.3 Å². The van der Waals surface area contributed by atoms with E-state index in [1.807, 2.05) is 0 Å². The fourth-order valence-electron chi connectivity index (χ4n) is 3.15. The van der Waals surface area contributed by atoms with Gasteiger partial charge in [0.2, 0.25) is 6.79 Å². The molecule has 11 heteroatoms. The molecular formula is C24H38N2O8S. The molecule has 0 amide bonds. The summed E-state index contributed by atoms with van der Waals surface area (Å²) in [5, 5.41) is 34.1. The van der Waals surface area contributed by atoms with Crippen LogP contribution < -0.4 is 10.6 Å². The maximum absolute atomic E-state index is 12.0. The van der Waals surface area contributed by atoms with Gasteiger partial charge in [-0.15, -0.1) is 0 Å². The molecule has 1 saturated carbocycles. The molecule has 1 aromatic carbocycles. The van der Waals surface area contributed by atoms with Crippen LogP contribution in [0.1, 0.15) is 56.0 Å². The molecule has 5 N–H and O–H groups in total. The fraction of sp³-hybridized carbons (Fsp3) is 0.667. The normalized spacial score (nSPS) is 18.5. The number of aliphatic carboxylic acids is 1. The zero-order valence-electron chi connectivity index (χ0n) is 20.9. The predicted molar refractivity (Wildman–Crippen MR) is 132 cm³/mol. The van der Waals surface area contributed by atoms with Crippen LogP contribution in [0.3, 0.4) is 0 Å². The largest absolute Gasteiger partial charge is 0.504 e. The summed E-state index contributed by atoms with van der Waals surface area (Å²) < 4.78 is 15.7. The van der Waals surface area contributed by atoms with Crippen LogP contribution in [0.4, 0.5) is 0 Å². The number of phenolic OH excluding ortho intramolecular Hbond substituents is 2. The fourth-order valence-corrected chi connectivity index (χ4v) is 3.80. The Balaban J connectivity index is 0.000000527. The van der Waals surface area contributed by atoms with E-state index in [2.05, 4.69) is 24.5 Å². The van der Waals surface area contributed by atoms with E-state index in [1.165, 1.54) is 12.1 Å². The van der Waals surface area contributed by atoms with E-state index >= 15 is 0 Å². The van der Waals surface area contributed by atoms with Crippen molar-refractivity contribution in [1.82, 2.24) is 10.6 Å². The van der Waals surface area contributed by atoms with Crippen LogP contribution in [0.2, 0.25) is 0 Å². The monoisotopic (exact) mass is 514 g/mol. The number of carbonyl (C=O) groups is 2. The maximum Gasteiger partial charge on any atom is 0.340 e. The topological polar surface area (TPSA) is 147 Å². The average molecular weight is 515 g/mol. The standard InChI is InChI=1S/C19H30N2O6S.C5H8O2/c1-13-6-16(22)17(23)7-15(13)18(24)26-12-27-28-11-21-19(2,3)10-20-8-14-4-5-25-9-14;1-5(2-3-5)4(6)7/h6-7,14,20-23H,4-5,8-12H2,1-3H3;2-3H2,1H3,(H,6,7). The van der Waals surface area contributed by atoms with Crippen molar-refractivity contribution in [3.05, 3.63) is 23.3 Å². The van der Waals surface area contributed by atoms with Gasteiger partial charge in [-0.3, -0.25) is 14.3 Å². The number of carboxylic acids is 1. The molecule has 35 heavy (non-hydrogen) atoms. The molecule has 1 aliphatic carbocycles. The van der Waals surface area contributed by atoms with Gasteiger partial charge in [-0.05, 0) is 70.6 Å². The summed E-state index contributed by atoms with van der Waals surface area (Å²) in [6, 6.07) is 2.48. The first kappa shape index (κ1) is 29.2. The zero-order chi connectivity index (χ0) is 26.1. The van der Waals surface area contributed by atoms with Crippen LogP contribution in [-0.2, 0) is 18.5 Å². The lowest BCUT2D eigenvalue weighted by Crippen LogP contribution is -2.48. The summed E-state index contributed by atoms with van der Waals surface area (Å²) in [7, 11) is 0. The van der Waals surface area contributed by atoms with E-state index in [0.29, 0.717) is 17.4 Å². The summed E-state index contributed by atoms with van der Waals surface area (Å²) in [6.45, 7) is 10.9. The quantitative estimate of drug-likeness (QED) is 0.0922. The number of nitrogens with one attached hydrogen (secondary N) is 2. The highest BCUT2D eigenvalue weighted by atomic mass is 32.2. The minimum atomic E-state index is -0.646. The second-order valence-corrected chi connectivity index (χ2v) is 10.6. The molecule has 1 unspecified atom stereocenters. The molecule has 0 spiro atoms. The van der Waals surface area contributed by atoms with E-state index in [1.54, 1.807) is 13.8 Å². The van der Waals surface area contributed by atoms with Crippen LogP contribution in [-0.4, -0.2) is 71.8 Å². The highest BCUT2D eigenvalue weighted by Gasteiger charge is 2.44. The number of carboxylic acid groups (broad SMARTS) is 1. The van der Waals surface area contributed by atoms with Crippen molar-refractivity contribution in [3.63, 3.8) is 0 Å². The van der Waals surface area contributed by atoms with E-state index < -0.39 is 11.9 Å². The Labute approximate surface area is 210 Å². The maximum atomic E-state index is 12.0. The third-order valence-electron chi connectivity index (χ3n) is 6.01. The molecule has 2 aliphatic rings. The Kier molecular flexibility index (Phi) is 11.1. The number of hydrogen-bond donors (Lipinski definition) is 5. The van der Waals surface area contributed by atoms with Crippen molar-refractivity contribution >= 4 is 24.0 Å². The van der Waals surface area contributed by atoms with Gasteiger partial charge in [0.25, 0.3) is 0 Å². The van der Waals surface area contributed by atoms with Crippen molar-refractivity contribution in [3.8, 4) is 11.5 Å². The van der Waals surface area contributed by atoms with Crippen LogP contribution in [0.5, 0.6) is 11.5 Å². The lowest BCUT2D eigenvalue weighted by atomic mass is 10.1.